The van der Waals surface area contributed by atoms with Gasteiger partial charge in [0.15, 0.2) is 0 Å². The van der Waals surface area contributed by atoms with Gasteiger partial charge in [0.1, 0.15) is 0 Å². The highest BCUT2D eigenvalue weighted by atomic mass is 35.5. The van der Waals surface area contributed by atoms with Gasteiger partial charge in [0.2, 0.25) is 0 Å². The van der Waals surface area contributed by atoms with Gasteiger partial charge < -0.3 is 15.0 Å². The van der Waals surface area contributed by atoms with E-state index in [0.717, 1.165) is 35.8 Å². The van der Waals surface area contributed by atoms with E-state index >= 15 is 0 Å². The summed E-state index contributed by atoms with van der Waals surface area (Å²) in [6.07, 6.45) is -0.0729. The van der Waals surface area contributed by atoms with Crippen LogP contribution in [0.2, 0.25) is 5.02 Å². The summed E-state index contributed by atoms with van der Waals surface area (Å²) in [4.78, 5) is 16.9. The molecule has 0 aliphatic carbocycles. The van der Waals surface area contributed by atoms with E-state index in [1.165, 1.54) is 11.1 Å². The number of nitrogens with one attached hydrogen (secondary N) is 1. The number of benzene rings is 3. The zero-order valence-corrected chi connectivity index (χ0v) is 20.4. The summed E-state index contributed by atoms with van der Waals surface area (Å²) in [7, 11) is 0. The van der Waals surface area contributed by atoms with Crippen LogP contribution in [0.5, 0.6) is 0 Å². The first-order valence-corrected chi connectivity index (χ1v) is 12.2. The summed E-state index contributed by atoms with van der Waals surface area (Å²) in [6, 6.07) is 26.3. The number of piperazine rings is 1. The molecule has 5 nitrogen and oxygen atoms in total. The largest absolute Gasteiger partial charge is 0.368 e. The van der Waals surface area contributed by atoms with Crippen molar-refractivity contribution in [1.82, 2.24) is 15.1 Å². The Kier molecular flexibility index (Phi) is 8.58. The average molecular weight is 478 g/mol. The lowest BCUT2D eigenvalue weighted by molar-refractivity contribution is 0.00554. The Morgan fingerprint density at radius 2 is 1.65 bits per heavy atom. The fourth-order valence-electron chi connectivity index (χ4n) is 4.18. The molecule has 1 atom stereocenters. The van der Waals surface area contributed by atoms with Gasteiger partial charge in [0, 0.05) is 44.3 Å². The first-order valence-electron chi connectivity index (χ1n) is 11.8. The normalized spacial score (nSPS) is 15.2. The van der Waals surface area contributed by atoms with Crippen molar-refractivity contribution >= 4 is 17.6 Å². The molecule has 34 heavy (non-hydrogen) atoms. The van der Waals surface area contributed by atoms with Gasteiger partial charge in [-0.3, -0.25) is 4.90 Å². The van der Waals surface area contributed by atoms with Gasteiger partial charge in [-0.05, 0) is 35.7 Å². The molecule has 0 unspecified atom stereocenters. The van der Waals surface area contributed by atoms with Crippen molar-refractivity contribution in [3.8, 4) is 0 Å². The molecule has 6 heteroatoms. The van der Waals surface area contributed by atoms with Crippen LogP contribution in [-0.2, 0) is 17.9 Å². The predicted octanol–water partition coefficient (Wildman–Crippen LogP) is 5.43. The van der Waals surface area contributed by atoms with Crippen LogP contribution < -0.4 is 5.32 Å². The number of aryl methyl sites for hydroxylation is 1. The molecule has 2 amide bonds. The van der Waals surface area contributed by atoms with Gasteiger partial charge in [0.05, 0.1) is 12.7 Å². The number of hydrogen-bond donors (Lipinski definition) is 1. The molecule has 0 aromatic heterocycles. The smallest absolute Gasteiger partial charge is 0.317 e. The lowest BCUT2D eigenvalue weighted by Crippen LogP contribution is -2.52. The Balaban J connectivity index is 1.31. The summed E-state index contributed by atoms with van der Waals surface area (Å²) in [6.45, 7) is 7.00. The molecular weight excluding hydrogens is 446 g/mol. The monoisotopic (exact) mass is 477 g/mol. The zero-order valence-electron chi connectivity index (χ0n) is 19.6. The minimum atomic E-state index is -0.0729. The van der Waals surface area contributed by atoms with Crippen molar-refractivity contribution in [3.63, 3.8) is 0 Å². The number of ether oxygens (including phenoxy) is 1. The molecule has 3 aromatic carbocycles. The summed E-state index contributed by atoms with van der Waals surface area (Å²) in [5.74, 6) is 0. The number of rotatable bonds is 8. The van der Waals surface area contributed by atoms with Crippen LogP contribution in [0.25, 0.3) is 0 Å². The van der Waals surface area contributed by atoms with Crippen molar-refractivity contribution in [2.75, 3.05) is 32.7 Å². The third-order valence-corrected chi connectivity index (χ3v) is 6.40. The Bertz CT molecular complexity index is 1050. The van der Waals surface area contributed by atoms with E-state index in [4.69, 9.17) is 16.3 Å². The SMILES string of the molecule is Cc1cccc(CO[C@H](CN2CCN(C(=O)NCc3ccccc3)CC2)c2ccc(Cl)cc2)c1. The maximum absolute atomic E-state index is 12.6. The predicted molar refractivity (Wildman–Crippen MR) is 137 cm³/mol. The Hall–Kier alpha value is -2.86. The Morgan fingerprint density at radius 1 is 0.941 bits per heavy atom. The zero-order chi connectivity index (χ0) is 23.8. The third kappa shape index (κ3) is 7.07. The molecular formula is C28H32ClN3O2. The van der Waals surface area contributed by atoms with Crippen LogP contribution >= 0.6 is 11.6 Å². The first kappa shape index (κ1) is 24.3. The van der Waals surface area contributed by atoms with Crippen molar-refractivity contribution < 1.29 is 9.53 Å². The first-order chi connectivity index (χ1) is 16.6. The Labute approximate surface area is 207 Å². The van der Waals surface area contributed by atoms with E-state index in [1.54, 1.807) is 0 Å². The second kappa shape index (κ2) is 12.0. The van der Waals surface area contributed by atoms with Crippen LogP contribution in [0.15, 0.2) is 78.9 Å². The fraction of sp³-hybridized carbons (Fsp3) is 0.321. The summed E-state index contributed by atoms with van der Waals surface area (Å²) < 4.78 is 6.40. The summed E-state index contributed by atoms with van der Waals surface area (Å²) >= 11 is 6.11. The Morgan fingerprint density at radius 3 is 2.35 bits per heavy atom. The van der Waals surface area contributed by atoms with Gasteiger partial charge in [-0.1, -0.05) is 83.9 Å². The molecule has 178 valence electrons. The molecule has 0 spiro atoms. The van der Waals surface area contributed by atoms with E-state index < -0.39 is 0 Å². The maximum atomic E-state index is 12.6. The number of urea groups is 1. The van der Waals surface area contributed by atoms with Crippen LogP contribution in [-0.4, -0.2) is 48.6 Å². The van der Waals surface area contributed by atoms with Gasteiger partial charge in [-0.2, -0.15) is 0 Å². The quantitative estimate of drug-likeness (QED) is 0.470. The number of nitrogens with zero attached hydrogens (tertiary/aromatic N) is 2. The molecule has 1 aliphatic heterocycles. The van der Waals surface area contributed by atoms with Crippen LogP contribution in [0.3, 0.4) is 0 Å². The molecule has 4 rings (SSSR count). The molecule has 1 N–H and O–H groups in total. The average Bonchev–Trinajstić information content (AvgIpc) is 2.87. The lowest BCUT2D eigenvalue weighted by atomic mass is 10.1. The lowest BCUT2D eigenvalue weighted by Gasteiger charge is -2.36. The molecule has 1 fully saturated rings. The number of hydrogen-bond acceptors (Lipinski definition) is 3. The summed E-state index contributed by atoms with van der Waals surface area (Å²) in [5.41, 5.74) is 4.61. The highest BCUT2D eigenvalue weighted by Crippen LogP contribution is 2.23. The number of halogens is 1. The standard InChI is InChI=1S/C28H32ClN3O2/c1-22-6-5-9-24(18-22)21-34-27(25-10-12-26(29)13-11-25)20-31-14-16-32(17-15-31)28(33)30-19-23-7-3-2-4-8-23/h2-13,18,27H,14-17,19-21H2,1H3,(H,30,33)/t27-/m1/s1. The molecule has 1 heterocycles. The maximum Gasteiger partial charge on any atom is 0.317 e. The van der Waals surface area contributed by atoms with Crippen molar-refractivity contribution in [1.29, 1.82) is 0 Å². The minimum absolute atomic E-state index is 0.00606. The number of carbonyl (C=O) groups is 1. The number of amides is 2. The van der Waals surface area contributed by atoms with Crippen molar-refractivity contribution in [2.24, 2.45) is 0 Å². The number of carbonyl (C=O) groups excluding carboxylic acids is 1. The summed E-state index contributed by atoms with van der Waals surface area (Å²) in [5, 5.41) is 3.75. The third-order valence-electron chi connectivity index (χ3n) is 6.15. The molecule has 1 saturated heterocycles. The van der Waals surface area contributed by atoms with Crippen LogP contribution in [0.4, 0.5) is 4.79 Å². The minimum Gasteiger partial charge on any atom is -0.368 e. The second-order valence-corrected chi connectivity index (χ2v) is 9.21. The highest BCUT2D eigenvalue weighted by molar-refractivity contribution is 6.30. The van der Waals surface area contributed by atoms with Gasteiger partial charge in [0.25, 0.3) is 0 Å². The van der Waals surface area contributed by atoms with Gasteiger partial charge in [-0.25, -0.2) is 4.79 Å². The second-order valence-electron chi connectivity index (χ2n) is 8.77. The highest BCUT2D eigenvalue weighted by Gasteiger charge is 2.24. The molecule has 0 saturated carbocycles. The van der Waals surface area contributed by atoms with Gasteiger partial charge >= 0.3 is 6.03 Å². The fourth-order valence-corrected chi connectivity index (χ4v) is 4.31. The topological polar surface area (TPSA) is 44.8 Å². The van der Waals surface area contributed by atoms with Crippen molar-refractivity contribution in [2.45, 2.75) is 26.2 Å². The van der Waals surface area contributed by atoms with Crippen molar-refractivity contribution in [3.05, 3.63) is 106 Å². The molecule has 0 bridgehead atoms. The van der Waals surface area contributed by atoms with E-state index in [1.807, 2.05) is 59.5 Å². The van der Waals surface area contributed by atoms with E-state index in [0.29, 0.717) is 26.2 Å². The van der Waals surface area contributed by atoms with E-state index in [-0.39, 0.29) is 12.1 Å². The van der Waals surface area contributed by atoms with E-state index in [9.17, 15) is 4.79 Å². The van der Waals surface area contributed by atoms with Crippen LogP contribution in [0.1, 0.15) is 28.4 Å². The molecule has 1 aliphatic rings. The van der Waals surface area contributed by atoms with Gasteiger partial charge in [-0.15, -0.1) is 0 Å². The van der Waals surface area contributed by atoms with E-state index in [2.05, 4.69) is 41.4 Å². The molecule has 3 aromatic rings. The van der Waals surface area contributed by atoms with Crippen LogP contribution in [0, 0.1) is 6.92 Å². The molecule has 0 radical (unpaired) electrons.